The van der Waals surface area contributed by atoms with Crippen molar-refractivity contribution in [2.75, 3.05) is 32.0 Å². The predicted molar refractivity (Wildman–Crippen MR) is 111 cm³/mol. The molecule has 1 aliphatic rings. The van der Waals surface area contributed by atoms with Crippen LogP contribution in [-0.2, 0) is 14.8 Å². The van der Waals surface area contributed by atoms with Crippen molar-refractivity contribution in [3.05, 3.63) is 53.1 Å². The van der Waals surface area contributed by atoms with Crippen LogP contribution in [0.5, 0.6) is 5.75 Å². The Kier molecular flexibility index (Phi) is 6.66. The van der Waals surface area contributed by atoms with Gasteiger partial charge in [0, 0.05) is 18.8 Å². The molecule has 0 atom stereocenters. The number of hydrogen-bond acceptors (Lipinski definition) is 6. The van der Waals surface area contributed by atoms with Gasteiger partial charge in [0.25, 0.3) is 10.0 Å². The van der Waals surface area contributed by atoms with Crippen LogP contribution in [0, 0.1) is 0 Å². The van der Waals surface area contributed by atoms with Crippen LogP contribution in [0.3, 0.4) is 0 Å². The third kappa shape index (κ3) is 5.41. The highest BCUT2D eigenvalue weighted by atomic mass is 35.5. The summed E-state index contributed by atoms with van der Waals surface area (Å²) in [7, 11) is -0.612. The number of benzene rings is 2. The Hall–Kier alpha value is -2.29. The quantitative estimate of drug-likeness (QED) is 0.696. The minimum atomic E-state index is -3.90. The molecule has 7 nitrogen and oxygen atoms in total. The fraction of sp³-hybridized carbons (Fsp3) is 0.350. The van der Waals surface area contributed by atoms with Gasteiger partial charge in [-0.3, -0.25) is 4.72 Å². The molecule has 0 aliphatic carbocycles. The molecule has 2 aromatic carbocycles. The minimum Gasteiger partial charge on any atom is -0.490 e. The van der Waals surface area contributed by atoms with E-state index in [0.29, 0.717) is 11.4 Å². The van der Waals surface area contributed by atoms with Gasteiger partial charge in [-0.1, -0.05) is 11.6 Å². The highest BCUT2D eigenvalue weighted by Gasteiger charge is 2.20. The zero-order chi connectivity index (χ0) is 21.0. The van der Waals surface area contributed by atoms with Crippen molar-refractivity contribution in [2.24, 2.45) is 0 Å². The molecule has 29 heavy (non-hydrogen) atoms. The summed E-state index contributed by atoms with van der Waals surface area (Å²) in [6.07, 6.45) is 2.09. The van der Waals surface area contributed by atoms with E-state index in [1.165, 1.54) is 25.3 Å². The molecule has 0 amide bonds. The number of anilines is 1. The van der Waals surface area contributed by atoms with Gasteiger partial charge in [-0.05, 0) is 62.4 Å². The molecule has 1 fully saturated rings. The SMILES string of the molecule is COC(=O)c1cc(S(=O)(=O)Nc2ccc(OC3CCN(C)CC3)cc2)ccc1Cl. The van der Waals surface area contributed by atoms with Gasteiger partial charge in [0.15, 0.2) is 0 Å². The minimum absolute atomic E-state index is 0.0149. The molecule has 1 aliphatic heterocycles. The summed E-state index contributed by atoms with van der Waals surface area (Å²) in [6.45, 7) is 1.99. The second-order valence-electron chi connectivity index (χ2n) is 6.88. The van der Waals surface area contributed by atoms with E-state index in [0.717, 1.165) is 25.9 Å². The van der Waals surface area contributed by atoms with Crippen LogP contribution in [0.1, 0.15) is 23.2 Å². The van der Waals surface area contributed by atoms with Crippen molar-refractivity contribution in [3.8, 4) is 5.75 Å². The van der Waals surface area contributed by atoms with Gasteiger partial charge >= 0.3 is 5.97 Å². The number of nitrogens with zero attached hydrogens (tertiary/aromatic N) is 1. The average molecular weight is 439 g/mol. The Morgan fingerprint density at radius 3 is 2.41 bits per heavy atom. The zero-order valence-corrected chi connectivity index (χ0v) is 17.8. The molecule has 1 heterocycles. The molecule has 0 aromatic heterocycles. The molecule has 9 heteroatoms. The third-order valence-corrected chi connectivity index (χ3v) is 6.44. The second-order valence-corrected chi connectivity index (χ2v) is 8.97. The lowest BCUT2D eigenvalue weighted by Crippen LogP contribution is -2.35. The van der Waals surface area contributed by atoms with Gasteiger partial charge in [0.05, 0.1) is 22.6 Å². The van der Waals surface area contributed by atoms with Crippen molar-refractivity contribution in [1.29, 1.82) is 0 Å². The first-order valence-corrected chi connectivity index (χ1v) is 11.0. The number of methoxy groups -OCH3 is 1. The summed E-state index contributed by atoms with van der Waals surface area (Å²) >= 11 is 5.95. The van der Waals surface area contributed by atoms with E-state index in [1.807, 2.05) is 0 Å². The first kappa shape index (κ1) is 21.4. The lowest BCUT2D eigenvalue weighted by Gasteiger charge is -2.29. The van der Waals surface area contributed by atoms with E-state index in [1.54, 1.807) is 24.3 Å². The maximum atomic E-state index is 12.7. The van der Waals surface area contributed by atoms with Gasteiger partial charge in [0.2, 0.25) is 0 Å². The molecule has 0 saturated carbocycles. The maximum Gasteiger partial charge on any atom is 0.339 e. The third-order valence-electron chi connectivity index (χ3n) is 4.73. The van der Waals surface area contributed by atoms with Crippen molar-refractivity contribution < 1.29 is 22.7 Å². The molecule has 1 saturated heterocycles. The number of hydrogen-bond donors (Lipinski definition) is 1. The number of carbonyl (C=O) groups excluding carboxylic acids is 1. The number of esters is 1. The van der Waals surface area contributed by atoms with Crippen LogP contribution in [-0.4, -0.2) is 52.6 Å². The van der Waals surface area contributed by atoms with E-state index in [2.05, 4.69) is 21.4 Å². The second kappa shape index (κ2) is 9.02. The number of rotatable bonds is 6. The van der Waals surface area contributed by atoms with Crippen LogP contribution >= 0.6 is 11.6 Å². The summed E-state index contributed by atoms with van der Waals surface area (Å²) in [5.74, 6) is -0.00979. The van der Waals surface area contributed by atoms with Crippen LogP contribution in [0.4, 0.5) is 5.69 Å². The smallest absolute Gasteiger partial charge is 0.339 e. The highest BCUT2D eigenvalue weighted by Crippen LogP contribution is 2.25. The number of carbonyl (C=O) groups is 1. The number of halogens is 1. The van der Waals surface area contributed by atoms with Crippen LogP contribution in [0.25, 0.3) is 0 Å². The van der Waals surface area contributed by atoms with E-state index < -0.39 is 16.0 Å². The summed E-state index contributed by atoms with van der Waals surface area (Å²) < 4.78 is 38.4. The molecule has 156 valence electrons. The first-order valence-electron chi connectivity index (χ1n) is 9.14. The summed E-state index contributed by atoms with van der Waals surface area (Å²) in [5, 5.41) is 0.117. The maximum absolute atomic E-state index is 12.7. The molecule has 1 N–H and O–H groups in total. The number of sulfonamides is 1. The molecule has 0 radical (unpaired) electrons. The number of nitrogens with one attached hydrogen (secondary N) is 1. The van der Waals surface area contributed by atoms with Crippen molar-refractivity contribution in [1.82, 2.24) is 4.90 Å². The van der Waals surface area contributed by atoms with Crippen LogP contribution < -0.4 is 9.46 Å². The Labute approximate surface area is 175 Å². The fourth-order valence-electron chi connectivity index (χ4n) is 3.05. The molecule has 3 rings (SSSR count). The Balaban J connectivity index is 1.70. The monoisotopic (exact) mass is 438 g/mol. The molecule has 2 aromatic rings. The zero-order valence-electron chi connectivity index (χ0n) is 16.2. The van der Waals surface area contributed by atoms with E-state index in [9.17, 15) is 13.2 Å². The Bertz CT molecular complexity index is 971. The van der Waals surface area contributed by atoms with Crippen LogP contribution in [0.2, 0.25) is 5.02 Å². The number of likely N-dealkylation sites (tertiary alicyclic amines) is 1. The number of piperidine rings is 1. The molecular weight excluding hydrogens is 416 g/mol. The van der Waals surface area contributed by atoms with Crippen molar-refractivity contribution in [3.63, 3.8) is 0 Å². The first-order chi connectivity index (χ1) is 13.8. The van der Waals surface area contributed by atoms with Crippen LogP contribution in [0.15, 0.2) is 47.4 Å². The van der Waals surface area contributed by atoms with E-state index in [4.69, 9.17) is 16.3 Å². The van der Waals surface area contributed by atoms with E-state index in [-0.39, 0.29) is 21.6 Å². The fourth-order valence-corrected chi connectivity index (χ4v) is 4.33. The summed E-state index contributed by atoms with van der Waals surface area (Å²) in [4.78, 5) is 13.9. The standard InChI is InChI=1S/C20H23ClN2O5S/c1-23-11-9-16(10-12-23)28-15-5-3-14(4-6-15)22-29(25,26)17-7-8-19(21)18(13-17)20(24)27-2/h3-8,13,16,22H,9-12H2,1-2H3. The molecule has 0 bridgehead atoms. The predicted octanol–water partition coefficient (Wildman–Crippen LogP) is 3.40. The summed E-state index contributed by atoms with van der Waals surface area (Å²) in [6, 6.07) is 10.6. The van der Waals surface area contributed by atoms with Gasteiger partial charge in [0.1, 0.15) is 11.9 Å². The average Bonchev–Trinajstić information content (AvgIpc) is 2.70. The van der Waals surface area contributed by atoms with E-state index >= 15 is 0 Å². The molecule has 0 spiro atoms. The Morgan fingerprint density at radius 1 is 1.14 bits per heavy atom. The highest BCUT2D eigenvalue weighted by molar-refractivity contribution is 7.92. The van der Waals surface area contributed by atoms with Gasteiger partial charge in [-0.15, -0.1) is 0 Å². The lowest BCUT2D eigenvalue weighted by molar-refractivity contribution is 0.0600. The molecular formula is C20H23ClN2O5S. The topological polar surface area (TPSA) is 84.9 Å². The Morgan fingerprint density at radius 2 is 1.79 bits per heavy atom. The summed E-state index contributed by atoms with van der Waals surface area (Å²) in [5.41, 5.74) is 0.370. The largest absolute Gasteiger partial charge is 0.490 e. The normalized spacial score (nSPS) is 15.7. The van der Waals surface area contributed by atoms with Crippen molar-refractivity contribution >= 4 is 33.3 Å². The molecule has 0 unspecified atom stereocenters. The van der Waals surface area contributed by atoms with Gasteiger partial charge in [-0.25, -0.2) is 13.2 Å². The van der Waals surface area contributed by atoms with Gasteiger partial charge < -0.3 is 14.4 Å². The lowest BCUT2D eigenvalue weighted by atomic mass is 10.1. The number of ether oxygens (including phenoxy) is 2. The van der Waals surface area contributed by atoms with Crippen molar-refractivity contribution in [2.45, 2.75) is 23.8 Å². The van der Waals surface area contributed by atoms with Gasteiger partial charge in [-0.2, -0.15) is 0 Å².